The van der Waals surface area contributed by atoms with Gasteiger partial charge in [-0.1, -0.05) is 31.3 Å². The fraction of sp³-hybridized carbons (Fsp3) is 0.333. The Morgan fingerprint density at radius 2 is 1.53 bits per heavy atom. The molecule has 0 unspecified atom stereocenters. The number of nitrogens with zero attached hydrogens (tertiary/aromatic N) is 3. The first-order chi connectivity index (χ1) is 7.08. The summed E-state index contributed by atoms with van der Waals surface area (Å²) in [5.74, 6) is 2.12. The van der Waals surface area contributed by atoms with Gasteiger partial charge in [-0.2, -0.15) is 0 Å². The van der Waals surface area contributed by atoms with Crippen LogP contribution >= 0.6 is 0 Å². The minimum absolute atomic E-state index is 0.215. The quantitative estimate of drug-likeness (QED) is 0.474. The van der Waals surface area contributed by atoms with E-state index in [2.05, 4.69) is 28.6 Å². The molecule has 6 heteroatoms. The van der Waals surface area contributed by atoms with E-state index in [0.717, 1.165) is 5.57 Å². The van der Waals surface area contributed by atoms with Crippen molar-refractivity contribution in [1.82, 2.24) is 14.2 Å². The summed E-state index contributed by atoms with van der Waals surface area (Å²) in [6.07, 6.45) is 3.62. The Bertz CT molecular complexity index is 258. The third kappa shape index (κ3) is 3.13. The van der Waals surface area contributed by atoms with Crippen molar-refractivity contribution in [3.8, 4) is 0 Å². The van der Waals surface area contributed by atoms with E-state index >= 15 is 0 Å². The van der Waals surface area contributed by atoms with Crippen LogP contribution in [0.25, 0.3) is 0 Å². The molecule has 0 amide bonds. The van der Waals surface area contributed by atoms with E-state index in [9.17, 15) is 0 Å². The predicted octanol–water partition coefficient (Wildman–Crippen LogP) is 0.190. The largest absolute Gasteiger partial charge is 0.367 e. The second kappa shape index (κ2) is 5.40. The van der Waals surface area contributed by atoms with Crippen LogP contribution in [0, 0.1) is 0 Å². The molecule has 0 saturated carbocycles. The van der Waals surface area contributed by atoms with Gasteiger partial charge < -0.3 is 14.2 Å². The van der Waals surface area contributed by atoms with Gasteiger partial charge in [0.05, 0.1) is 0 Å². The highest BCUT2D eigenvalue weighted by Gasteiger charge is 2.31. The Labute approximate surface area is 94.8 Å². The molecule has 76 valence electrons. The van der Waals surface area contributed by atoms with Crippen LogP contribution in [0.5, 0.6) is 0 Å². The van der Waals surface area contributed by atoms with Crippen LogP contribution < -0.4 is 0 Å². The minimum atomic E-state index is 0.215. The molecule has 3 nitrogen and oxygen atoms in total. The molecule has 15 heavy (non-hydrogen) atoms. The fourth-order valence-electron chi connectivity index (χ4n) is 1.65. The van der Waals surface area contributed by atoms with Crippen molar-refractivity contribution in [1.29, 1.82) is 0 Å². The Hall–Kier alpha value is -0.705. The Kier molecular flexibility index (Phi) is 4.45. The molecule has 0 aromatic heterocycles. The van der Waals surface area contributed by atoms with Crippen LogP contribution in [-0.2, 0) is 0 Å². The molecular weight excluding hydrogens is 183 g/mol. The van der Waals surface area contributed by atoms with Gasteiger partial charge in [0.25, 0.3) is 15.1 Å². The van der Waals surface area contributed by atoms with E-state index in [1.54, 1.807) is 0 Å². The maximum absolute atomic E-state index is 3.75. The van der Waals surface area contributed by atoms with Gasteiger partial charge in [-0.25, -0.2) is 0 Å². The molecule has 0 N–H and O–H groups in total. The molecule has 0 aliphatic carbocycles. The van der Waals surface area contributed by atoms with Crippen molar-refractivity contribution in [2.24, 2.45) is 0 Å². The monoisotopic (exact) mass is 199 g/mol. The molecule has 0 atom stereocenters. The first-order valence-electron chi connectivity index (χ1n) is 4.91. The molecule has 0 aromatic rings. The second-order valence-electron chi connectivity index (χ2n) is 3.72. The molecule has 1 fully saturated rings. The standard InChI is InChI=1S/C9H16B3N3/c1-6-9(7-2)8-12-14(4)10-13(3)11-15(12)5/h6-8H,1-2H2,3-5H3. The maximum Gasteiger partial charge on any atom is 0.317 e. The van der Waals surface area contributed by atoms with Crippen molar-refractivity contribution in [3.63, 3.8) is 0 Å². The van der Waals surface area contributed by atoms with Crippen molar-refractivity contribution in [2.75, 3.05) is 21.1 Å². The van der Waals surface area contributed by atoms with E-state index in [0.29, 0.717) is 0 Å². The van der Waals surface area contributed by atoms with E-state index < -0.39 is 0 Å². The SMILES string of the molecule is C=CC(C=C)=CB1N(C)[B]N(C)[B]N1C. The average molecular weight is 199 g/mol. The van der Waals surface area contributed by atoms with Crippen LogP contribution in [0.15, 0.2) is 36.9 Å². The summed E-state index contributed by atoms with van der Waals surface area (Å²) < 4.78 is 6.28. The van der Waals surface area contributed by atoms with Crippen molar-refractivity contribution < 1.29 is 0 Å². The Morgan fingerprint density at radius 3 is 1.93 bits per heavy atom. The van der Waals surface area contributed by atoms with Gasteiger partial charge in [0.2, 0.25) is 0 Å². The van der Waals surface area contributed by atoms with Crippen LogP contribution in [0.3, 0.4) is 0 Å². The van der Waals surface area contributed by atoms with E-state index in [1.165, 1.54) is 0 Å². The summed E-state index contributed by atoms with van der Waals surface area (Å²) in [5.41, 5.74) is 1.05. The lowest BCUT2D eigenvalue weighted by Crippen LogP contribution is -2.63. The van der Waals surface area contributed by atoms with Crippen LogP contribution in [0.4, 0.5) is 0 Å². The molecule has 1 rings (SSSR count). The predicted molar refractivity (Wildman–Crippen MR) is 69.0 cm³/mol. The molecule has 1 aliphatic heterocycles. The zero-order chi connectivity index (χ0) is 11.4. The van der Waals surface area contributed by atoms with Crippen molar-refractivity contribution in [3.05, 3.63) is 36.9 Å². The maximum atomic E-state index is 3.75. The van der Waals surface area contributed by atoms with E-state index in [1.807, 2.05) is 53.1 Å². The van der Waals surface area contributed by atoms with Crippen LogP contribution in [0.2, 0.25) is 0 Å². The number of rotatable bonds is 3. The third-order valence-corrected chi connectivity index (χ3v) is 2.38. The molecule has 1 heterocycles. The van der Waals surface area contributed by atoms with Gasteiger partial charge in [-0.15, -0.1) is 0 Å². The Morgan fingerprint density at radius 1 is 1.07 bits per heavy atom. The smallest absolute Gasteiger partial charge is 0.317 e. The lowest BCUT2D eigenvalue weighted by molar-refractivity contribution is 0.585. The highest BCUT2D eigenvalue weighted by molar-refractivity contribution is 6.76. The molecule has 1 aliphatic rings. The zero-order valence-electron chi connectivity index (χ0n) is 9.72. The zero-order valence-corrected chi connectivity index (χ0v) is 9.72. The van der Waals surface area contributed by atoms with Gasteiger partial charge in [0.15, 0.2) is 0 Å². The molecule has 0 bridgehead atoms. The van der Waals surface area contributed by atoms with E-state index in [4.69, 9.17) is 0 Å². The third-order valence-electron chi connectivity index (χ3n) is 2.38. The lowest BCUT2D eigenvalue weighted by Gasteiger charge is -2.39. The average Bonchev–Trinajstić information content (AvgIpc) is 2.17. The van der Waals surface area contributed by atoms with Crippen LogP contribution in [-0.4, -0.2) is 57.4 Å². The molecule has 2 radical (unpaired) electrons. The van der Waals surface area contributed by atoms with Gasteiger partial charge in [-0.3, -0.25) is 0 Å². The first-order valence-corrected chi connectivity index (χ1v) is 4.91. The summed E-state index contributed by atoms with van der Waals surface area (Å²) in [7, 11) is 10.2. The normalized spacial score (nSPS) is 19.0. The molecule has 0 spiro atoms. The number of hydrogen-bond donors (Lipinski definition) is 0. The molecule has 1 saturated heterocycles. The van der Waals surface area contributed by atoms with Crippen molar-refractivity contribution >= 4 is 22.1 Å². The summed E-state index contributed by atoms with van der Waals surface area (Å²) in [4.78, 5) is 0. The molecule has 0 aromatic carbocycles. The Balaban J connectivity index is 2.79. The summed E-state index contributed by atoms with van der Waals surface area (Å²) >= 11 is 0. The minimum Gasteiger partial charge on any atom is -0.367 e. The molecular formula is C9H16B3N3. The van der Waals surface area contributed by atoms with Crippen molar-refractivity contribution in [2.45, 2.75) is 0 Å². The summed E-state index contributed by atoms with van der Waals surface area (Å²) in [6, 6.07) is 0. The number of hydrogen-bond acceptors (Lipinski definition) is 3. The highest BCUT2D eigenvalue weighted by atomic mass is 15.2. The van der Waals surface area contributed by atoms with Gasteiger partial charge in [-0.05, 0) is 26.7 Å². The topological polar surface area (TPSA) is 9.72 Å². The summed E-state index contributed by atoms with van der Waals surface area (Å²) in [6.45, 7) is 7.72. The van der Waals surface area contributed by atoms with Crippen LogP contribution in [0.1, 0.15) is 0 Å². The number of allylic oxidation sites excluding steroid dienone is 3. The van der Waals surface area contributed by atoms with Gasteiger partial charge in [0, 0.05) is 0 Å². The fourth-order valence-corrected chi connectivity index (χ4v) is 1.65. The second-order valence-corrected chi connectivity index (χ2v) is 3.72. The van der Waals surface area contributed by atoms with E-state index in [-0.39, 0.29) is 6.98 Å². The van der Waals surface area contributed by atoms with Gasteiger partial charge in [0.1, 0.15) is 0 Å². The highest BCUT2D eigenvalue weighted by Crippen LogP contribution is 2.08. The lowest BCUT2D eigenvalue weighted by atomic mass is 9.58. The first kappa shape index (κ1) is 12.4. The summed E-state index contributed by atoms with van der Waals surface area (Å²) in [5, 5.41) is 0. The van der Waals surface area contributed by atoms with Gasteiger partial charge >= 0.3 is 6.98 Å².